The molecule has 5 nitrogen and oxygen atoms in total. The second-order valence-corrected chi connectivity index (χ2v) is 6.08. The van der Waals surface area contributed by atoms with Crippen LogP contribution in [-0.2, 0) is 4.74 Å². The van der Waals surface area contributed by atoms with Crippen LogP contribution in [0.2, 0.25) is 0 Å². The smallest absolute Gasteiger partial charge is 0.254 e. The standard InChI is InChI=1S/C19H19N3O2/c1-14-12-21(10-11-24-14)19(23)15-6-8-16(9-7-15)22-13-20-17-4-2-3-5-18(17)22/h2-9,13-14H,10-12H2,1H3/t14-/m0/s1. The van der Waals surface area contributed by atoms with Crippen molar-refractivity contribution in [3.63, 3.8) is 0 Å². The van der Waals surface area contributed by atoms with Gasteiger partial charge in [0, 0.05) is 24.3 Å². The number of nitrogens with zero attached hydrogens (tertiary/aromatic N) is 3. The van der Waals surface area contributed by atoms with Crippen LogP contribution >= 0.6 is 0 Å². The predicted octanol–water partition coefficient (Wildman–Crippen LogP) is 2.89. The van der Waals surface area contributed by atoms with E-state index in [1.165, 1.54) is 0 Å². The van der Waals surface area contributed by atoms with Crippen LogP contribution in [0.25, 0.3) is 16.7 Å². The Bertz CT molecular complexity index is 870. The molecular weight excluding hydrogens is 302 g/mol. The highest BCUT2D eigenvalue weighted by atomic mass is 16.5. The quantitative estimate of drug-likeness (QED) is 0.729. The first-order chi connectivity index (χ1) is 11.7. The lowest BCUT2D eigenvalue weighted by Crippen LogP contribution is -2.44. The fraction of sp³-hybridized carbons (Fsp3) is 0.263. The van der Waals surface area contributed by atoms with Crippen molar-refractivity contribution in [1.29, 1.82) is 0 Å². The minimum Gasteiger partial charge on any atom is -0.375 e. The molecule has 0 bridgehead atoms. The van der Waals surface area contributed by atoms with Gasteiger partial charge < -0.3 is 9.64 Å². The summed E-state index contributed by atoms with van der Waals surface area (Å²) in [6.45, 7) is 3.89. The third-order valence-corrected chi connectivity index (χ3v) is 4.37. The highest BCUT2D eigenvalue weighted by molar-refractivity contribution is 5.94. The number of ether oxygens (including phenoxy) is 1. The van der Waals surface area contributed by atoms with Gasteiger partial charge in [-0.3, -0.25) is 9.36 Å². The summed E-state index contributed by atoms with van der Waals surface area (Å²) >= 11 is 0. The van der Waals surface area contributed by atoms with E-state index >= 15 is 0 Å². The molecule has 24 heavy (non-hydrogen) atoms. The summed E-state index contributed by atoms with van der Waals surface area (Å²) in [6, 6.07) is 15.7. The highest BCUT2D eigenvalue weighted by Crippen LogP contribution is 2.19. The SMILES string of the molecule is C[C@H]1CN(C(=O)c2ccc(-n3cnc4ccccc43)cc2)CCO1. The Hall–Kier alpha value is -2.66. The van der Waals surface area contributed by atoms with Crippen LogP contribution < -0.4 is 0 Å². The molecule has 1 fully saturated rings. The molecule has 0 spiro atoms. The molecule has 1 saturated heterocycles. The van der Waals surface area contributed by atoms with Crippen LogP contribution in [0.15, 0.2) is 54.9 Å². The molecular formula is C19H19N3O2. The molecule has 3 aromatic rings. The number of carbonyl (C=O) groups excluding carboxylic acids is 1. The summed E-state index contributed by atoms with van der Waals surface area (Å²) in [6.07, 6.45) is 1.91. The number of rotatable bonds is 2. The largest absolute Gasteiger partial charge is 0.375 e. The Labute approximate surface area is 140 Å². The van der Waals surface area contributed by atoms with Crippen LogP contribution in [-0.4, -0.2) is 46.2 Å². The monoisotopic (exact) mass is 321 g/mol. The number of hydrogen-bond donors (Lipinski definition) is 0. The van der Waals surface area contributed by atoms with E-state index in [4.69, 9.17) is 4.74 Å². The molecule has 1 aliphatic rings. The molecule has 1 aliphatic heterocycles. The molecule has 1 aromatic heterocycles. The van der Waals surface area contributed by atoms with Gasteiger partial charge >= 0.3 is 0 Å². The Morgan fingerprint density at radius 2 is 1.96 bits per heavy atom. The highest BCUT2D eigenvalue weighted by Gasteiger charge is 2.22. The second-order valence-electron chi connectivity index (χ2n) is 6.08. The number of fused-ring (bicyclic) bond motifs is 1. The molecule has 2 aromatic carbocycles. The molecule has 122 valence electrons. The maximum absolute atomic E-state index is 12.6. The molecule has 0 saturated carbocycles. The molecule has 5 heteroatoms. The van der Waals surface area contributed by atoms with Crippen molar-refractivity contribution >= 4 is 16.9 Å². The van der Waals surface area contributed by atoms with Gasteiger partial charge in [-0.15, -0.1) is 0 Å². The summed E-state index contributed by atoms with van der Waals surface area (Å²) in [4.78, 5) is 18.9. The Balaban J connectivity index is 1.59. The van der Waals surface area contributed by atoms with E-state index in [9.17, 15) is 4.79 Å². The average molecular weight is 321 g/mol. The lowest BCUT2D eigenvalue weighted by molar-refractivity contribution is -0.0124. The van der Waals surface area contributed by atoms with Gasteiger partial charge in [-0.05, 0) is 43.3 Å². The lowest BCUT2D eigenvalue weighted by atomic mass is 10.1. The normalized spacial score (nSPS) is 18.0. The zero-order valence-corrected chi connectivity index (χ0v) is 13.6. The van der Waals surface area contributed by atoms with Crippen LogP contribution in [0.5, 0.6) is 0 Å². The Kier molecular flexibility index (Phi) is 3.78. The first-order valence-corrected chi connectivity index (χ1v) is 8.16. The summed E-state index contributed by atoms with van der Waals surface area (Å²) in [7, 11) is 0. The van der Waals surface area contributed by atoms with Crippen LogP contribution in [0, 0.1) is 0 Å². The molecule has 1 atom stereocenters. The van der Waals surface area contributed by atoms with E-state index in [0.29, 0.717) is 25.3 Å². The Morgan fingerprint density at radius 3 is 2.75 bits per heavy atom. The van der Waals surface area contributed by atoms with Crippen LogP contribution in [0.1, 0.15) is 17.3 Å². The van der Waals surface area contributed by atoms with Gasteiger partial charge in [-0.25, -0.2) is 4.98 Å². The molecule has 1 amide bonds. The van der Waals surface area contributed by atoms with Gasteiger partial charge in [0.1, 0.15) is 6.33 Å². The fourth-order valence-corrected chi connectivity index (χ4v) is 3.12. The fourth-order valence-electron chi connectivity index (χ4n) is 3.12. The van der Waals surface area contributed by atoms with Gasteiger partial charge in [-0.2, -0.15) is 0 Å². The van der Waals surface area contributed by atoms with E-state index in [1.54, 1.807) is 0 Å². The molecule has 2 heterocycles. The van der Waals surface area contributed by atoms with Gasteiger partial charge in [-0.1, -0.05) is 12.1 Å². The van der Waals surface area contributed by atoms with Gasteiger partial charge in [0.25, 0.3) is 5.91 Å². The molecule has 0 N–H and O–H groups in total. The minimum atomic E-state index is 0.0622. The third-order valence-electron chi connectivity index (χ3n) is 4.37. The number of amides is 1. The zero-order chi connectivity index (χ0) is 16.5. The minimum absolute atomic E-state index is 0.0622. The summed E-state index contributed by atoms with van der Waals surface area (Å²) in [5.74, 6) is 0.0622. The molecule has 0 radical (unpaired) electrons. The summed E-state index contributed by atoms with van der Waals surface area (Å²) in [5, 5.41) is 0. The van der Waals surface area contributed by atoms with E-state index in [1.807, 2.05) is 71.2 Å². The van der Waals surface area contributed by atoms with Crippen molar-refractivity contribution in [2.75, 3.05) is 19.7 Å². The topological polar surface area (TPSA) is 47.4 Å². The molecule has 0 unspecified atom stereocenters. The zero-order valence-electron chi connectivity index (χ0n) is 13.6. The van der Waals surface area contributed by atoms with Crippen LogP contribution in [0.3, 0.4) is 0 Å². The number of hydrogen-bond acceptors (Lipinski definition) is 3. The van der Waals surface area contributed by atoms with Crippen molar-refractivity contribution < 1.29 is 9.53 Å². The first-order valence-electron chi connectivity index (χ1n) is 8.16. The second kappa shape index (κ2) is 6.09. The lowest BCUT2D eigenvalue weighted by Gasteiger charge is -2.31. The van der Waals surface area contributed by atoms with Gasteiger partial charge in [0.2, 0.25) is 0 Å². The molecule has 4 rings (SSSR count). The van der Waals surface area contributed by atoms with E-state index in [-0.39, 0.29) is 12.0 Å². The number of imidazole rings is 1. The summed E-state index contributed by atoms with van der Waals surface area (Å²) in [5.41, 5.74) is 3.71. The van der Waals surface area contributed by atoms with Crippen molar-refractivity contribution in [2.45, 2.75) is 13.0 Å². The maximum Gasteiger partial charge on any atom is 0.254 e. The van der Waals surface area contributed by atoms with E-state index < -0.39 is 0 Å². The van der Waals surface area contributed by atoms with Crippen molar-refractivity contribution in [2.24, 2.45) is 0 Å². The first kappa shape index (κ1) is 14.9. The van der Waals surface area contributed by atoms with E-state index in [0.717, 1.165) is 16.7 Å². The summed E-state index contributed by atoms with van der Waals surface area (Å²) < 4.78 is 7.53. The van der Waals surface area contributed by atoms with Crippen molar-refractivity contribution in [3.05, 3.63) is 60.4 Å². The number of para-hydroxylation sites is 2. The van der Waals surface area contributed by atoms with Crippen molar-refractivity contribution in [3.8, 4) is 5.69 Å². The van der Waals surface area contributed by atoms with E-state index in [2.05, 4.69) is 4.98 Å². The predicted molar refractivity (Wildman–Crippen MR) is 92.4 cm³/mol. The average Bonchev–Trinajstić information content (AvgIpc) is 3.05. The number of aromatic nitrogens is 2. The van der Waals surface area contributed by atoms with Crippen molar-refractivity contribution in [1.82, 2.24) is 14.5 Å². The van der Waals surface area contributed by atoms with Gasteiger partial charge in [0.05, 0.1) is 23.7 Å². The maximum atomic E-state index is 12.6. The third kappa shape index (κ3) is 2.67. The molecule has 0 aliphatic carbocycles. The van der Waals surface area contributed by atoms with Gasteiger partial charge in [0.15, 0.2) is 0 Å². The van der Waals surface area contributed by atoms with Crippen LogP contribution in [0.4, 0.5) is 0 Å². The Morgan fingerprint density at radius 1 is 1.17 bits per heavy atom. The number of benzene rings is 2. The number of morpholine rings is 1. The number of carbonyl (C=O) groups is 1.